The van der Waals surface area contributed by atoms with Gasteiger partial charge in [-0.1, -0.05) is 24.6 Å². The van der Waals surface area contributed by atoms with E-state index in [1.165, 1.54) is 18.2 Å². The molecule has 0 heterocycles. The zero-order valence-electron chi connectivity index (χ0n) is 10.7. The number of carboxylic acid groups (broad SMARTS) is 1. The average molecular weight is 301 g/mol. The molecule has 0 saturated carbocycles. The SMILES string of the molecule is CCCN(CC(=O)O)C(=O)c1cccc([N+](=O)[O-])c1Cl. The van der Waals surface area contributed by atoms with E-state index in [-0.39, 0.29) is 22.8 Å². The third kappa shape index (κ3) is 3.67. The summed E-state index contributed by atoms with van der Waals surface area (Å²) < 4.78 is 0. The van der Waals surface area contributed by atoms with Gasteiger partial charge in [0.15, 0.2) is 0 Å². The topological polar surface area (TPSA) is 101 Å². The second-order valence-corrected chi connectivity index (χ2v) is 4.39. The highest BCUT2D eigenvalue weighted by Gasteiger charge is 2.24. The first-order chi connectivity index (χ1) is 9.38. The number of benzene rings is 1. The van der Waals surface area contributed by atoms with Crippen LogP contribution >= 0.6 is 11.6 Å². The lowest BCUT2D eigenvalue weighted by atomic mass is 10.1. The summed E-state index contributed by atoms with van der Waals surface area (Å²) in [5, 5.41) is 19.3. The molecule has 1 N–H and O–H groups in total. The van der Waals surface area contributed by atoms with Gasteiger partial charge in [0.05, 0.1) is 10.5 Å². The largest absolute Gasteiger partial charge is 0.480 e. The van der Waals surface area contributed by atoms with Gasteiger partial charge in [0.1, 0.15) is 11.6 Å². The summed E-state index contributed by atoms with van der Waals surface area (Å²) in [7, 11) is 0. The van der Waals surface area contributed by atoms with Crippen molar-refractivity contribution in [1.29, 1.82) is 0 Å². The van der Waals surface area contributed by atoms with Crippen molar-refractivity contribution in [3.63, 3.8) is 0 Å². The van der Waals surface area contributed by atoms with Gasteiger partial charge in [-0.2, -0.15) is 0 Å². The van der Waals surface area contributed by atoms with E-state index in [4.69, 9.17) is 16.7 Å². The van der Waals surface area contributed by atoms with Gasteiger partial charge in [-0.05, 0) is 12.5 Å². The molecule has 0 spiro atoms. The molecule has 0 saturated heterocycles. The molecule has 108 valence electrons. The standard InChI is InChI=1S/C12H13ClN2O5/c1-2-6-14(7-10(16)17)12(18)8-4-3-5-9(11(8)13)15(19)20/h3-5H,2,6-7H2,1H3,(H,16,17). The normalized spacial score (nSPS) is 10.1. The number of hydrogen-bond acceptors (Lipinski definition) is 4. The smallest absolute Gasteiger partial charge is 0.323 e. The third-order valence-corrected chi connectivity index (χ3v) is 2.91. The molecule has 20 heavy (non-hydrogen) atoms. The Kier molecular flexibility index (Phi) is 5.45. The molecule has 7 nitrogen and oxygen atoms in total. The number of hydrogen-bond donors (Lipinski definition) is 1. The second-order valence-electron chi connectivity index (χ2n) is 4.02. The summed E-state index contributed by atoms with van der Waals surface area (Å²) in [6, 6.07) is 3.85. The maximum Gasteiger partial charge on any atom is 0.323 e. The van der Waals surface area contributed by atoms with Crippen LogP contribution in [0.1, 0.15) is 23.7 Å². The van der Waals surface area contributed by atoms with Crippen LogP contribution in [0.5, 0.6) is 0 Å². The van der Waals surface area contributed by atoms with E-state index in [2.05, 4.69) is 0 Å². The summed E-state index contributed by atoms with van der Waals surface area (Å²) >= 11 is 5.84. The van der Waals surface area contributed by atoms with Crippen LogP contribution in [0.15, 0.2) is 18.2 Å². The first kappa shape index (κ1) is 15.9. The Labute approximate surface area is 119 Å². The lowest BCUT2D eigenvalue weighted by Gasteiger charge is -2.20. The number of nitro groups is 1. The average Bonchev–Trinajstić information content (AvgIpc) is 2.37. The van der Waals surface area contributed by atoms with Crippen LogP contribution in [0.2, 0.25) is 5.02 Å². The maximum atomic E-state index is 12.2. The highest BCUT2D eigenvalue weighted by atomic mass is 35.5. The molecule has 1 aromatic rings. The van der Waals surface area contributed by atoms with Crippen molar-refractivity contribution in [1.82, 2.24) is 4.90 Å². The second kappa shape index (κ2) is 6.85. The Balaban J connectivity index is 3.14. The van der Waals surface area contributed by atoms with Gasteiger partial charge in [-0.3, -0.25) is 19.7 Å². The van der Waals surface area contributed by atoms with Gasteiger partial charge < -0.3 is 10.0 Å². The Morgan fingerprint density at radius 2 is 2.10 bits per heavy atom. The van der Waals surface area contributed by atoms with E-state index in [9.17, 15) is 19.7 Å². The number of carboxylic acids is 1. The zero-order valence-corrected chi connectivity index (χ0v) is 11.5. The van der Waals surface area contributed by atoms with Crippen LogP contribution < -0.4 is 0 Å². The molecule has 0 aliphatic heterocycles. The maximum absolute atomic E-state index is 12.2. The Bertz CT molecular complexity index is 547. The molecule has 0 fully saturated rings. The van der Waals surface area contributed by atoms with Gasteiger partial charge in [0.2, 0.25) is 0 Å². The third-order valence-electron chi connectivity index (χ3n) is 2.51. The van der Waals surface area contributed by atoms with Gasteiger partial charge in [0, 0.05) is 12.6 Å². The Morgan fingerprint density at radius 1 is 1.45 bits per heavy atom. The predicted octanol–water partition coefficient (Wildman–Crippen LogP) is 2.18. The molecule has 0 aliphatic rings. The molecule has 1 amide bonds. The van der Waals surface area contributed by atoms with E-state index >= 15 is 0 Å². The molecule has 0 aliphatic carbocycles. The van der Waals surface area contributed by atoms with Crippen LogP contribution in [0.3, 0.4) is 0 Å². The Hall–Kier alpha value is -2.15. The van der Waals surface area contributed by atoms with E-state index in [0.717, 1.165) is 4.90 Å². The number of nitrogens with zero attached hydrogens (tertiary/aromatic N) is 2. The molecular formula is C12H13ClN2O5. The van der Waals surface area contributed by atoms with Gasteiger partial charge in [0.25, 0.3) is 11.6 Å². The van der Waals surface area contributed by atoms with Crippen molar-refractivity contribution >= 4 is 29.2 Å². The minimum atomic E-state index is -1.16. The number of amides is 1. The van der Waals surface area contributed by atoms with E-state index in [0.29, 0.717) is 6.42 Å². The monoisotopic (exact) mass is 300 g/mol. The molecule has 1 aromatic carbocycles. The summed E-state index contributed by atoms with van der Waals surface area (Å²) in [5.74, 6) is -1.80. The predicted molar refractivity (Wildman–Crippen MR) is 71.9 cm³/mol. The summed E-state index contributed by atoms with van der Waals surface area (Å²) in [6.07, 6.45) is 0.561. The van der Waals surface area contributed by atoms with Crippen LogP contribution in [0.4, 0.5) is 5.69 Å². The first-order valence-corrected chi connectivity index (χ1v) is 6.20. The van der Waals surface area contributed by atoms with E-state index < -0.39 is 23.3 Å². The van der Waals surface area contributed by atoms with Crippen LogP contribution in [-0.4, -0.2) is 39.9 Å². The lowest BCUT2D eigenvalue weighted by Crippen LogP contribution is -2.36. The zero-order chi connectivity index (χ0) is 15.3. The van der Waals surface area contributed by atoms with Gasteiger partial charge in [-0.25, -0.2) is 0 Å². The van der Waals surface area contributed by atoms with Crippen molar-refractivity contribution in [3.05, 3.63) is 38.9 Å². The molecule has 0 bridgehead atoms. The van der Waals surface area contributed by atoms with Crippen molar-refractivity contribution in [2.45, 2.75) is 13.3 Å². The molecular weight excluding hydrogens is 288 g/mol. The number of aliphatic carboxylic acids is 1. The molecule has 0 aromatic heterocycles. The van der Waals surface area contributed by atoms with Crippen molar-refractivity contribution in [2.75, 3.05) is 13.1 Å². The van der Waals surface area contributed by atoms with E-state index in [1.807, 2.05) is 0 Å². The van der Waals surface area contributed by atoms with Crippen molar-refractivity contribution in [3.8, 4) is 0 Å². The summed E-state index contributed by atoms with van der Waals surface area (Å²) in [5.41, 5.74) is -0.458. The molecule has 0 unspecified atom stereocenters. The minimum Gasteiger partial charge on any atom is -0.480 e. The fourth-order valence-electron chi connectivity index (χ4n) is 1.68. The van der Waals surface area contributed by atoms with Crippen molar-refractivity contribution < 1.29 is 19.6 Å². The number of nitro benzene ring substituents is 1. The molecule has 8 heteroatoms. The van der Waals surface area contributed by atoms with Gasteiger partial charge >= 0.3 is 5.97 Å². The Morgan fingerprint density at radius 3 is 2.60 bits per heavy atom. The van der Waals surface area contributed by atoms with E-state index in [1.54, 1.807) is 6.92 Å². The summed E-state index contributed by atoms with van der Waals surface area (Å²) in [6.45, 7) is 1.53. The number of rotatable bonds is 6. The fourth-order valence-corrected chi connectivity index (χ4v) is 1.96. The molecule has 0 atom stereocenters. The lowest BCUT2D eigenvalue weighted by molar-refractivity contribution is -0.384. The highest BCUT2D eigenvalue weighted by molar-refractivity contribution is 6.35. The summed E-state index contributed by atoms with van der Waals surface area (Å²) in [4.78, 5) is 34.1. The van der Waals surface area contributed by atoms with Crippen LogP contribution in [-0.2, 0) is 4.79 Å². The first-order valence-electron chi connectivity index (χ1n) is 5.82. The molecule has 1 rings (SSSR count). The number of halogens is 1. The highest BCUT2D eigenvalue weighted by Crippen LogP contribution is 2.28. The quantitative estimate of drug-likeness (QED) is 0.641. The minimum absolute atomic E-state index is 0.0735. The number of carbonyl (C=O) groups is 2. The van der Waals surface area contributed by atoms with Crippen LogP contribution in [0.25, 0.3) is 0 Å². The van der Waals surface area contributed by atoms with Gasteiger partial charge in [-0.15, -0.1) is 0 Å². The van der Waals surface area contributed by atoms with Crippen molar-refractivity contribution in [2.24, 2.45) is 0 Å². The molecule has 0 radical (unpaired) electrons. The van der Waals surface area contributed by atoms with Crippen LogP contribution in [0, 0.1) is 10.1 Å². The number of carbonyl (C=O) groups excluding carboxylic acids is 1. The fraction of sp³-hybridized carbons (Fsp3) is 0.333.